The predicted octanol–water partition coefficient (Wildman–Crippen LogP) is 1.84. The standard InChI is InChI=1S/C11H8N2O3S/c14-11(15)10-9(12-17-13-10)7-1-2-8-6(5-7)3-4-16-8/h1-2,5H,3-4H2,(H,14,15). The summed E-state index contributed by atoms with van der Waals surface area (Å²) in [6.45, 7) is 0.680. The molecule has 5 nitrogen and oxygen atoms in total. The van der Waals surface area contributed by atoms with Gasteiger partial charge >= 0.3 is 5.97 Å². The lowest BCUT2D eigenvalue weighted by Crippen LogP contribution is -1.99. The van der Waals surface area contributed by atoms with Gasteiger partial charge in [-0.1, -0.05) is 0 Å². The fourth-order valence-electron chi connectivity index (χ4n) is 1.85. The third kappa shape index (κ3) is 1.66. The van der Waals surface area contributed by atoms with E-state index in [0.717, 1.165) is 35.0 Å². The van der Waals surface area contributed by atoms with E-state index in [1.54, 1.807) is 0 Å². The van der Waals surface area contributed by atoms with Crippen LogP contribution in [0.25, 0.3) is 11.3 Å². The largest absolute Gasteiger partial charge is 0.493 e. The summed E-state index contributed by atoms with van der Waals surface area (Å²) in [5.41, 5.74) is 2.30. The Labute approximate surface area is 101 Å². The minimum Gasteiger partial charge on any atom is -0.493 e. The molecule has 0 saturated carbocycles. The highest BCUT2D eigenvalue weighted by molar-refractivity contribution is 6.99. The normalized spacial score (nSPS) is 13.2. The van der Waals surface area contributed by atoms with Gasteiger partial charge in [0.15, 0.2) is 5.69 Å². The van der Waals surface area contributed by atoms with Gasteiger partial charge in [-0.05, 0) is 23.8 Å². The first-order valence-electron chi connectivity index (χ1n) is 5.07. The van der Waals surface area contributed by atoms with Crippen LogP contribution in [0.15, 0.2) is 18.2 Å². The minimum atomic E-state index is -1.05. The Kier molecular flexibility index (Phi) is 2.29. The van der Waals surface area contributed by atoms with E-state index < -0.39 is 5.97 Å². The lowest BCUT2D eigenvalue weighted by Gasteiger charge is -2.01. The van der Waals surface area contributed by atoms with Gasteiger partial charge in [0.1, 0.15) is 11.4 Å². The van der Waals surface area contributed by atoms with Crippen molar-refractivity contribution in [2.45, 2.75) is 6.42 Å². The number of carbonyl (C=O) groups is 1. The first kappa shape index (κ1) is 10.2. The summed E-state index contributed by atoms with van der Waals surface area (Å²) in [5.74, 6) is -0.181. The van der Waals surface area contributed by atoms with Crippen LogP contribution in [0.3, 0.4) is 0 Å². The molecule has 1 aromatic heterocycles. The van der Waals surface area contributed by atoms with Gasteiger partial charge in [-0.15, -0.1) is 0 Å². The quantitative estimate of drug-likeness (QED) is 0.877. The molecule has 0 saturated heterocycles. The number of ether oxygens (including phenoxy) is 1. The SMILES string of the molecule is O=C(O)c1nsnc1-c1ccc2c(c1)CCO2. The smallest absolute Gasteiger partial charge is 0.357 e. The van der Waals surface area contributed by atoms with Crippen molar-refractivity contribution in [3.63, 3.8) is 0 Å². The summed E-state index contributed by atoms with van der Waals surface area (Å²) in [6.07, 6.45) is 0.850. The molecule has 0 radical (unpaired) electrons. The van der Waals surface area contributed by atoms with Gasteiger partial charge in [0.05, 0.1) is 18.3 Å². The van der Waals surface area contributed by atoms with E-state index in [2.05, 4.69) is 8.75 Å². The molecule has 1 N–H and O–H groups in total. The molecular weight excluding hydrogens is 240 g/mol. The first-order valence-corrected chi connectivity index (χ1v) is 5.80. The van der Waals surface area contributed by atoms with Crippen LogP contribution in [0.5, 0.6) is 5.75 Å². The van der Waals surface area contributed by atoms with E-state index in [-0.39, 0.29) is 5.69 Å². The van der Waals surface area contributed by atoms with Crippen molar-refractivity contribution in [3.8, 4) is 17.0 Å². The van der Waals surface area contributed by atoms with Crippen LogP contribution < -0.4 is 4.74 Å². The molecule has 1 aliphatic rings. The third-order valence-corrected chi connectivity index (χ3v) is 3.18. The van der Waals surface area contributed by atoms with E-state index in [4.69, 9.17) is 9.84 Å². The fourth-order valence-corrected chi connectivity index (χ4v) is 2.41. The maximum Gasteiger partial charge on any atom is 0.357 e. The Morgan fingerprint density at radius 2 is 2.29 bits per heavy atom. The zero-order chi connectivity index (χ0) is 11.8. The van der Waals surface area contributed by atoms with Crippen molar-refractivity contribution >= 4 is 17.7 Å². The van der Waals surface area contributed by atoms with Crippen LogP contribution >= 0.6 is 11.7 Å². The number of nitrogens with zero attached hydrogens (tertiary/aromatic N) is 2. The molecule has 0 spiro atoms. The van der Waals surface area contributed by atoms with Gasteiger partial charge in [0, 0.05) is 12.0 Å². The molecule has 17 heavy (non-hydrogen) atoms. The van der Waals surface area contributed by atoms with Crippen molar-refractivity contribution in [2.24, 2.45) is 0 Å². The molecule has 0 amide bonds. The Morgan fingerprint density at radius 3 is 3.12 bits per heavy atom. The molecule has 0 atom stereocenters. The minimum absolute atomic E-state index is 0.00821. The van der Waals surface area contributed by atoms with Crippen molar-refractivity contribution in [2.75, 3.05) is 6.61 Å². The van der Waals surface area contributed by atoms with Crippen LogP contribution in [0.4, 0.5) is 0 Å². The second-order valence-electron chi connectivity index (χ2n) is 3.69. The lowest BCUT2D eigenvalue weighted by molar-refractivity contribution is 0.0692. The number of hydrogen-bond donors (Lipinski definition) is 1. The zero-order valence-corrected chi connectivity index (χ0v) is 9.53. The molecule has 0 unspecified atom stereocenters. The molecule has 6 heteroatoms. The molecule has 0 fully saturated rings. The van der Waals surface area contributed by atoms with Gasteiger partial charge in [-0.3, -0.25) is 0 Å². The molecule has 1 aromatic carbocycles. The second kappa shape index (κ2) is 3.81. The van der Waals surface area contributed by atoms with Crippen molar-refractivity contribution < 1.29 is 14.6 Å². The predicted molar refractivity (Wildman–Crippen MR) is 61.5 cm³/mol. The van der Waals surface area contributed by atoms with Crippen molar-refractivity contribution in [1.82, 2.24) is 8.75 Å². The molecule has 3 rings (SSSR count). The highest BCUT2D eigenvalue weighted by Crippen LogP contribution is 2.31. The lowest BCUT2D eigenvalue weighted by atomic mass is 10.1. The average Bonchev–Trinajstić information content (AvgIpc) is 2.96. The van der Waals surface area contributed by atoms with Gasteiger partial charge in [0.25, 0.3) is 0 Å². The molecule has 2 aromatic rings. The Hall–Kier alpha value is -1.95. The molecule has 0 aliphatic carbocycles. The summed E-state index contributed by atoms with van der Waals surface area (Å²) < 4.78 is 13.2. The number of rotatable bonds is 2. The van der Waals surface area contributed by atoms with Crippen molar-refractivity contribution in [3.05, 3.63) is 29.5 Å². The average molecular weight is 248 g/mol. The van der Waals surface area contributed by atoms with Crippen molar-refractivity contribution in [1.29, 1.82) is 0 Å². The number of carboxylic acid groups (broad SMARTS) is 1. The van der Waals surface area contributed by atoms with Gasteiger partial charge < -0.3 is 9.84 Å². The number of fused-ring (bicyclic) bond motifs is 1. The van der Waals surface area contributed by atoms with E-state index >= 15 is 0 Å². The summed E-state index contributed by atoms with van der Waals surface area (Å²) in [5, 5.41) is 8.99. The Morgan fingerprint density at radius 1 is 1.41 bits per heavy atom. The highest BCUT2D eigenvalue weighted by Gasteiger charge is 2.19. The summed E-state index contributed by atoms with van der Waals surface area (Å²) in [4.78, 5) is 11.0. The second-order valence-corrected chi connectivity index (χ2v) is 4.22. The number of carboxylic acids is 1. The fraction of sp³-hybridized carbons (Fsp3) is 0.182. The highest BCUT2D eigenvalue weighted by atomic mass is 32.1. The summed E-state index contributed by atoms with van der Waals surface area (Å²) in [6, 6.07) is 5.58. The van der Waals surface area contributed by atoms with Crippen LogP contribution in [-0.2, 0) is 6.42 Å². The summed E-state index contributed by atoms with van der Waals surface area (Å²) in [7, 11) is 0. The third-order valence-electron chi connectivity index (χ3n) is 2.65. The Balaban J connectivity index is 2.09. The number of aromatic carboxylic acids is 1. The molecule has 1 aliphatic heterocycles. The van der Waals surface area contributed by atoms with Crippen LogP contribution in [0.1, 0.15) is 16.1 Å². The molecule has 0 bridgehead atoms. The first-order chi connectivity index (χ1) is 8.25. The van der Waals surface area contributed by atoms with E-state index in [0.29, 0.717) is 12.3 Å². The maximum absolute atomic E-state index is 11.0. The van der Waals surface area contributed by atoms with Gasteiger partial charge in [0.2, 0.25) is 0 Å². The molecule has 2 heterocycles. The van der Waals surface area contributed by atoms with E-state index in [9.17, 15) is 4.79 Å². The van der Waals surface area contributed by atoms with Gasteiger partial charge in [-0.25, -0.2) is 4.79 Å². The van der Waals surface area contributed by atoms with E-state index in [1.807, 2.05) is 18.2 Å². The number of benzene rings is 1. The Bertz CT molecular complexity index is 594. The van der Waals surface area contributed by atoms with Crippen LogP contribution in [-0.4, -0.2) is 26.4 Å². The monoisotopic (exact) mass is 248 g/mol. The van der Waals surface area contributed by atoms with E-state index in [1.165, 1.54) is 0 Å². The maximum atomic E-state index is 11.0. The molecule has 86 valence electrons. The van der Waals surface area contributed by atoms with Crippen LogP contribution in [0.2, 0.25) is 0 Å². The number of aromatic nitrogens is 2. The number of hydrogen-bond acceptors (Lipinski definition) is 5. The zero-order valence-electron chi connectivity index (χ0n) is 8.71. The molecular formula is C11H8N2O3S. The topological polar surface area (TPSA) is 72.3 Å². The van der Waals surface area contributed by atoms with Crippen LogP contribution in [0, 0.1) is 0 Å². The van der Waals surface area contributed by atoms with Gasteiger partial charge in [-0.2, -0.15) is 8.75 Å². The summed E-state index contributed by atoms with van der Waals surface area (Å²) >= 11 is 0.911.